The van der Waals surface area contributed by atoms with Gasteiger partial charge in [0.15, 0.2) is 0 Å². The molecule has 2 heterocycles. The maximum Gasteiger partial charge on any atom is 0.240 e. The van der Waals surface area contributed by atoms with Gasteiger partial charge in [-0.15, -0.1) is 11.8 Å². The van der Waals surface area contributed by atoms with E-state index in [1.807, 2.05) is 42.5 Å². The minimum Gasteiger partial charge on any atom is -0.496 e. The molecule has 8 nitrogen and oxygen atoms in total. The normalized spacial score (nSPS) is 15.7. The third-order valence-corrected chi connectivity index (χ3v) is 7.79. The van der Waals surface area contributed by atoms with Crippen molar-refractivity contribution in [1.82, 2.24) is 15.1 Å². The molecule has 4 rings (SSSR count). The van der Waals surface area contributed by atoms with E-state index >= 15 is 0 Å². The number of nitrogens with one attached hydrogen (secondary N) is 1. The molecule has 1 aromatic heterocycles. The predicted molar refractivity (Wildman–Crippen MR) is 152 cm³/mol. The number of carbonyl (C=O) groups is 2. The third-order valence-electron chi connectivity index (χ3n) is 6.23. The number of benzene rings is 2. The highest BCUT2D eigenvalue weighted by Gasteiger charge is 2.40. The number of thioether (sulfide) groups is 1. The van der Waals surface area contributed by atoms with Crippen LogP contribution in [0.1, 0.15) is 42.8 Å². The third kappa shape index (κ3) is 5.70. The second-order valence-electron chi connectivity index (χ2n) is 9.95. The van der Waals surface area contributed by atoms with Gasteiger partial charge in [0.2, 0.25) is 11.8 Å². The summed E-state index contributed by atoms with van der Waals surface area (Å²) in [4.78, 5) is 28.2. The zero-order valence-electron chi connectivity index (χ0n) is 22.3. The number of amides is 2. The number of aromatic nitrogens is 2. The predicted octanol–water partition coefficient (Wildman–Crippen LogP) is 4.76. The summed E-state index contributed by atoms with van der Waals surface area (Å²) >= 11 is 8.16. The topological polar surface area (TPSA) is 85.7 Å². The Kier molecular flexibility index (Phi) is 8.70. The number of rotatable bonds is 8. The van der Waals surface area contributed by atoms with Crippen molar-refractivity contribution in [1.29, 1.82) is 0 Å². The first-order valence-corrected chi connectivity index (χ1v) is 13.8. The van der Waals surface area contributed by atoms with E-state index in [2.05, 4.69) is 26.1 Å². The number of nitrogens with zero attached hydrogens (tertiary/aromatic N) is 3. The van der Waals surface area contributed by atoms with Crippen molar-refractivity contribution in [2.24, 2.45) is 0 Å². The Labute approximate surface area is 232 Å². The minimum atomic E-state index is -0.378. The lowest BCUT2D eigenvalue weighted by atomic mass is 9.87. The standard InChI is InChI=1S/C28H33ClN4O4S/c1-28(2,3)26-24-25(18-10-6-9-13-21(18)37-5)38-17-23(35)32(16-22(34)30-14-15-36-4)27(24)33(31-26)20-12-8-7-11-19(20)29/h6-13,25H,14-17H2,1-5H3,(H,30,34). The Bertz CT molecular complexity index is 1320. The molecule has 0 fully saturated rings. The lowest BCUT2D eigenvalue weighted by molar-refractivity contribution is -0.123. The average molecular weight is 557 g/mol. The van der Waals surface area contributed by atoms with Crippen LogP contribution in [0.25, 0.3) is 5.69 Å². The number of halogens is 1. The van der Waals surface area contributed by atoms with Gasteiger partial charge in [0.1, 0.15) is 18.1 Å². The van der Waals surface area contributed by atoms with Crippen LogP contribution in [-0.4, -0.2) is 61.3 Å². The molecular formula is C28H33ClN4O4S. The second kappa shape index (κ2) is 11.8. The molecule has 0 saturated heterocycles. The van der Waals surface area contributed by atoms with Gasteiger partial charge in [-0.05, 0) is 18.2 Å². The van der Waals surface area contributed by atoms with E-state index in [0.717, 1.165) is 22.6 Å². The first-order valence-electron chi connectivity index (χ1n) is 12.4. The molecule has 1 unspecified atom stereocenters. The molecule has 202 valence electrons. The largest absolute Gasteiger partial charge is 0.496 e. The van der Waals surface area contributed by atoms with E-state index in [1.165, 1.54) is 16.7 Å². The van der Waals surface area contributed by atoms with E-state index in [1.54, 1.807) is 25.0 Å². The molecule has 38 heavy (non-hydrogen) atoms. The zero-order chi connectivity index (χ0) is 27.4. The number of methoxy groups -OCH3 is 2. The summed E-state index contributed by atoms with van der Waals surface area (Å²) in [5, 5.41) is 8.12. The van der Waals surface area contributed by atoms with E-state index in [4.69, 9.17) is 26.2 Å². The maximum atomic E-state index is 13.7. The summed E-state index contributed by atoms with van der Waals surface area (Å²) in [6.45, 7) is 6.83. The quantitative estimate of drug-likeness (QED) is 0.403. The molecule has 0 spiro atoms. The van der Waals surface area contributed by atoms with Crippen molar-refractivity contribution < 1.29 is 19.1 Å². The summed E-state index contributed by atoms with van der Waals surface area (Å²) in [6, 6.07) is 15.2. The van der Waals surface area contributed by atoms with Gasteiger partial charge < -0.3 is 14.8 Å². The molecule has 2 amide bonds. The van der Waals surface area contributed by atoms with Crippen molar-refractivity contribution in [2.45, 2.75) is 31.4 Å². The minimum absolute atomic E-state index is 0.158. The van der Waals surface area contributed by atoms with Gasteiger partial charge >= 0.3 is 0 Å². The molecule has 0 radical (unpaired) electrons. The summed E-state index contributed by atoms with van der Waals surface area (Å²) in [5.41, 5.74) is 2.86. The highest BCUT2D eigenvalue weighted by atomic mass is 35.5. The monoisotopic (exact) mass is 556 g/mol. The Balaban J connectivity index is 1.99. The van der Waals surface area contributed by atoms with Crippen LogP contribution in [0.5, 0.6) is 5.75 Å². The van der Waals surface area contributed by atoms with E-state index in [-0.39, 0.29) is 34.8 Å². The Morgan fingerprint density at radius 3 is 2.55 bits per heavy atom. The van der Waals surface area contributed by atoms with Gasteiger partial charge in [-0.1, -0.05) is 62.7 Å². The molecular weight excluding hydrogens is 524 g/mol. The lowest BCUT2D eigenvalue weighted by Crippen LogP contribution is -2.43. The molecule has 2 aromatic carbocycles. The Morgan fingerprint density at radius 1 is 1.16 bits per heavy atom. The van der Waals surface area contributed by atoms with Gasteiger partial charge in [0, 0.05) is 30.2 Å². The zero-order valence-corrected chi connectivity index (χ0v) is 23.9. The fourth-order valence-electron chi connectivity index (χ4n) is 4.49. The van der Waals surface area contributed by atoms with Gasteiger partial charge in [-0.2, -0.15) is 5.10 Å². The van der Waals surface area contributed by atoms with Crippen LogP contribution in [0, 0.1) is 0 Å². The summed E-state index contributed by atoms with van der Waals surface area (Å²) in [5.74, 6) is 0.959. The molecule has 0 saturated carbocycles. The van der Waals surface area contributed by atoms with E-state index in [0.29, 0.717) is 29.7 Å². The number of hydrogen-bond acceptors (Lipinski definition) is 6. The fraction of sp³-hybridized carbons (Fsp3) is 0.393. The smallest absolute Gasteiger partial charge is 0.240 e. The number of carbonyl (C=O) groups excluding carboxylic acids is 2. The van der Waals surface area contributed by atoms with E-state index in [9.17, 15) is 9.59 Å². The van der Waals surface area contributed by atoms with Crippen LogP contribution in [-0.2, 0) is 19.7 Å². The number of fused-ring (bicyclic) bond motifs is 1. The SMILES string of the molecule is COCCNC(=O)CN1C(=O)CSC(c2ccccc2OC)c2c(C(C)(C)C)nn(-c3ccccc3Cl)c21. The van der Waals surface area contributed by atoms with Crippen molar-refractivity contribution in [3.63, 3.8) is 0 Å². The summed E-state index contributed by atoms with van der Waals surface area (Å²) in [6.07, 6.45) is 0. The highest BCUT2D eigenvalue weighted by Crippen LogP contribution is 2.50. The van der Waals surface area contributed by atoms with Crippen LogP contribution in [0.15, 0.2) is 48.5 Å². The molecule has 0 bridgehead atoms. The number of para-hydroxylation sites is 2. The first-order chi connectivity index (χ1) is 18.2. The van der Waals surface area contributed by atoms with Crippen molar-refractivity contribution >= 4 is 41.0 Å². The van der Waals surface area contributed by atoms with Crippen molar-refractivity contribution in [2.75, 3.05) is 44.6 Å². The number of ether oxygens (including phenoxy) is 2. The second-order valence-corrected chi connectivity index (χ2v) is 11.5. The maximum absolute atomic E-state index is 13.7. The number of anilines is 1. The van der Waals surface area contributed by atoms with Gasteiger partial charge in [0.05, 0.1) is 41.1 Å². The molecule has 1 aliphatic rings. The number of hydrogen-bond donors (Lipinski definition) is 1. The van der Waals surface area contributed by atoms with Crippen LogP contribution in [0.4, 0.5) is 5.82 Å². The first kappa shape index (κ1) is 28.0. The average Bonchev–Trinajstić information content (AvgIpc) is 3.22. The van der Waals surface area contributed by atoms with Crippen LogP contribution in [0.2, 0.25) is 5.02 Å². The van der Waals surface area contributed by atoms with Crippen molar-refractivity contribution in [3.05, 3.63) is 70.4 Å². The molecule has 0 aliphatic carbocycles. The van der Waals surface area contributed by atoms with Gasteiger partial charge in [-0.25, -0.2) is 4.68 Å². The summed E-state index contributed by atoms with van der Waals surface area (Å²) < 4.78 is 12.5. The molecule has 1 aliphatic heterocycles. The van der Waals surface area contributed by atoms with Gasteiger partial charge in [0.25, 0.3) is 0 Å². The summed E-state index contributed by atoms with van der Waals surface area (Å²) in [7, 11) is 3.21. The Morgan fingerprint density at radius 2 is 1.87 bits per heavy atom. The fourth-order valence-corrected chi connectivity index (χ4v) is 5.92. The van der Waals surface area contributed by atoms with Crippen LogP contribution < -0.4 is 15.0 Å². The van der Waals surface area contributed by atoms with Crippen LogP contribution >= 0.6 is 23.4 Å². The van der Waals surface area contributed by atoms with Crippen molar-refractivity contribution in [3.8, 4) is 11.4 Å². The lowest BCUT2D eigenvalue weighted by Gasteiger charge is -2.25. The van der Waals surface area contributed by atoms with E-state index < -0.39 is 0 Å². The molecule has 10 heteroatoms. The molecule has 1 atom stereocenters. The Hall–Kier alpha value is -3.01. The van der Waals surface area contributed by atoms with Gasteiger partial charge in [-0.3, -0.25) is 14.5 Å². The molecule has 1 N–H and O–H groups in total. The molecule has 3 aromatic rings. The highest BCUT2D eigenvalue weighted by molar-refractivity contribution is 8.00. The van der Waals surface area contributed by atoms with Crippen LogP contribution in [0.3, 0.4) is 0 Å².